The van der Waals surface area contributed by atoms with Gasteiger partial charge < -0.3 is 0 Å². The quantitative estimate of drug-likeness (QED) is 0.737. The van der Waals surface area contributed by atoms with E-state index in [4.69, 9.17) is 0 Å². The van der Waals surface area contributed by atoms with Crippen molar-refractivity contribution in [2.24, 2.45) is 0 Å². The third kappa shape index (κ3) is 1.96. The van der Waals surface area contributed by atoms with Gasteiger partial charge in [0.15, 0.2) is 0 Å². The van der Waals surface area contributed by atoms with Crippen LogP contribution in [0.3, 0.4) is 0 Å². The molecule has 2 aromatic rings. The van der Waals surface area contributed by atoms with Crippen molar-refractivity contribution < 1.29 is 0 Å². The fourth-order valence-corrected chi connectivity index (χ4v) is 1.72. The zero-order chi connectivity index (χ0) is 9.80. The Labute approximate surface area is 89.2 Å². The molecular weight excluding hydrogens is 190 g/mol. The molecule has 0 aliphatic rings. The number of aromatic nitrogens is 1. The minimum Gasteiger partial charge on any atom is -0.265 e. The second-order valence-corrected chi connectivity index (χ2v) is 3.61. The Morgan fingerprint density at radius 2 is 1.43 bits per heavy atom. The Hall–Kier alpha value is -1.28. The van der Waals surface area contributed by atoms with Gasteiger partial charge in [-0.1, -0.05) is 30.3 Å². The number of hydrogen-bond donors (Lipinski definition) is 1. The van der Waals surface area contributed by atoms with E-state index in [2.05, 4.69) is 29.7 Å². The summed E-state index contributed by atoms with van der Waals surface area (Å²) in [6.45, 7) is 0. The standard InChI is InChI=1S/C12H11NS/c14-12(10-4-2-1-3-5-10)11-6-8-13-9-7-11/h1-9,12,14H. The molecule has 2 rings (SSSR count). The molecular formula is C12H11NS. The molecule has 0 amide bonds. The summed E-state index contributed by atoms with van der Waals surface area (Å²) in [5, 5.41) is 0.138. The monoisotopic (exact) mass is 201 g/mol. The van der Waals surface area contributed by atoms with Crippen molar-refractivity contribution in [3.05, 3.63) is 66.0 Å². The summed E-state index contributed by atoms with van der Waals surface area (Å²) < 4.78 is 0. The molecule has 1 aromatic heterocycles. The SMILES string of the molecule is SC(c1ccccc1)c1ccncc1. The molecule has 14 heavy (non-hydrogen) atoms. The van der Waals surface area contributed by atoms with Crippen molar-refractivity contribution in [1.29, 1.82) is 0 Å². The average Bonchev–Trinajstić information content (AvgIpc) is 2.30. The third-order valence-corrected chi connectivity index (χ3v) is 2.73. The van der Waals surface area contributed by atoms with Crippen LogP contribution in [-0.2, 0) is 0 Å². The van der Waals surface area contributed by atoms with E-state index in [0.717, 1.165) is 0 Å². The number of benzene rings is 1. The lowest BCUT2D eigenvalue weighted by atomic mass is 10.1. The van der Waals surface area contributed by atoms with Crippen molar-refractivity contribution in [2.75, 3.05) is 0 Å². The molecule has 0 fully saturated rings. The van der Waals surface area contributed by atoms with Crippen LogP contribution in [0.15, 0.2) is 54.9 Å². The molecule has 0 spiro atoms. The molecule has 1 heterocycles. The summed E-state index contributed by atoms with van der Waals surface area (Å²) in [7, 11) is 0. The first-order chi connectivity index (χ1) is 6.88. The first-order valence-electron chi connectivity index (χ1n) is 4.51. The number of hydrogen-bond acceptors (Lipinski definition) is 2. The molecule has 1 unspecified atom stereocenters. The van der Waals surface area contributed by atoms with Crippen molar-refractivity contribution in [1.82, 2.24) is 4.98 Å². The summed E-state index contributed by atoms with van der Waals surface area (Å²) in [4.78, 5) is 3.99. The van der Waals surface area contributed by atoms with Gasteiger partial charge in [0.1, 0.15) is 0 Å². The molecule has 0 N–H and O–H groups in total. The highest BCUT2D eigenvalue weighted by Crippen LogP contribution is 2.26. The van der Waals surface area contributed by atoms with Crippen LogP contribution in [0.4, 0.5) is 0 Å². The second-order valence-electron chi connectivity index (χ2n) is 3.09. The summed E-state index contributed by atoms with van der Waals surface area (Å²) in [5.74, 6) is 0. The van der Waals surface area contributed by atoms with Gasteiger partial charge in [0, 0.05) is 12.4 Å². The minimum absolute atomic E-state index is 0.138. The predicted octanol–water partition coefficient (Wildman–Crippen LogP) is 3.10. The van der Waals surface area contributed by atoms with E-state index >= 15 is 0 Å². The second kappa shape index (κ2) is 4.29. The summed E-state index contributed by atoms with van der Waals surface area (Å²) in [5.41, 5.74) is 2.39. The fourth-order valence-electron chi connectivity index (χ4n) is 1.37. The largest absolute Gasteiger partial charge is 0.265 e. The van der Waals surface area contributed by atoms with E-state index in [1.807, 2.05) is 30.3 Å². The maximum atomic E-state index is 4.58. The topological polar surface area (TPSA) is 12.9 Å². The lowest BCUT2D eigenvalue weighted by Gasteiger charge is -2.10. The van der Waals surface area contributed by atoms with E-state index in [9.17, 15) is 0 Å². The predicted molar refractivity (Wildman–Crippen MR) is 61.5 cm³/mol. The van der Waals surface area contributed by atoms with Crippen molar-refractivity contribution in [3.63, 3.8) is 0 Å². The fraction of sp³-hybridized carbons (Fsp3) is 0.0833. The molecule has 2 heteroatoms. The zero-order valence-corrected chi connectivity index (χ0v) is 8.56. The van der Waals surface area contributed by atoms with Crippen LogP contribution >= 0.6 is 12.6 Å². The number of thiol groups is 1. The lowest BCUT2D eigenvalue weighted by Crippen LogP contribution is -1.92. The lowest BCUT2D eigenvalue weighted by molar-refractivity contribution is 1.14. The van der Waals surface area contributed by atoms with Crippen molar-refractivity contribution in [2.45, 2.75) is 5.25 Å². The third-order valence-electron chi connectivity index (χ3n) is 2.14. The van der Waals surface area contributed by atoms with E-state index in [1.165, 1.54) is 11.1 Å². The maximum absolute atomic E-state index is 4.58. The van der Waals surface area contributed by atoms with E-state index in [0.29, 0.717) is 0 Å². The smallest absolute Gasteiger partial charge is 0.0517 e. The van der Waals surface area contributed by atoms with Gasteiger partial charge in [0.25, 0.3) is 0 Å². The van der Waals surface area contributed by atoms with Crippen LogP contribution in [-0.4, -0.2) is 4.98 Å². The molecule has 0 radical (unpaired) electrons. The molecule has 70 valence electrons. The van der Waals surface area contributed by atoms with E-state index in [-0.39, 0.29) is 5.25 Å². The molecule has 1 aromatic carbocycles. The van der Waals surface area contributed by atoms with Gasteiger partial charge in [-0.25, -0.2) is 0 Å². The molecule has 0 saturated heterocycles. The van der Waals surface area contributed by atoms with E-state index < -0.39 is 0 Å². The van der Waals surface area contributed by atoms with Crippen LogP contribution in [0.25, 0.3) is 0 Å². The van der Waals surface area contributed by atoms with Gasteiger partial charge >= 0.3 is 0 Å². The molecule has 0 aliphatic carbocycles. The highest BCUT2D eigenvalue weighted by Gasteiger charge is 2.07. The van der Waals surface area contributed by atoms with Gasteiger partial charge in [0.2, 0.25) is 0 Å². The number of rotatable bonds is 2. The van der Waals surface area contributed by atoms with Crippen LogP contribution in [0.2, 0.25) is 0 Å². The normalized spacial score (nSPS) is 12.4. The Balaban J connectivity index is 2.30. The highest BCUT2D eigenvalue weighted by atomic mass is 32.1. The Bertz CT molecular complexity index is 346. The maximum Gasteiger partial charge on any atom is 0.0517 e. The van der Waals surface area contributed by atoms with E-state index in [1.54, 1.807) is 12.4 Å². The summed E-state index contributed by atoms with van der Waals surface area (Å²) >= 11 is 4.58. The molecule has 1 nitrogen and oxygen atoms in total. The first-order valence-corrected chi connectivity index (χ1v) is 5.02. The van der Waals surface area contributed by atoms with Crippen LogP contribution in [0.1, 0.15) is 16.4 Å². The zero-order valence-electron chi connectivity index (χ0n) is 7.67. The van der Waals surface area contributed by atoms with Gasteiger partial charge in [0.05, 0.1) is 5.25 Å². The molecule has 0 saturated carbocycles. The Morgan fingerprint density at radius 1 is 0.857 bits per heavy atom. The van der Waals surface area contributed by atoms with Crippen LogP contribution in [0.5, 0.6) is 0 Å². The van der Waals surface area contributed by atoms with Gasteiger partial charge in [-0.2, -0.15) is 12.6 Å². The highest BCUT2D eigenvalue weighted by molar-refractivity contribution is 7.80. The average molecular weight is 201 g/mol. The number of pyridine rings is 1. The Morgan fingerprint density at radius 3 is 2.07 bits per heavy atom. The first kappa shape index (κ1) is 9.28. The number of nitrogens with zero attached hydrogens (tertiary/aromatic N) is 1. The van der Waals surface area contributed by atoms with Gasteiger partial charge in [-0.15, -0.1) is 0 Å². The molecule has 0 bridgehead atoms. The van der Waals surface area contributed by atoms with Crippen molar-refractivity contribution >= 4 is 12.6 Å². The van der Waals surface area contributed by atoms with Crippen LogP contribution < -0.4 is 0 Å². The Kier molecular flexibility index (Phi) is 2.84. The minimum atomic E-state index is 0.138. The van der Waals surface area contributed by atoms with Crippen LogP contribution in [0, 0.1) is 0 Å². The molecule has 1 atom stereocenters. The summed E-state index contributed by atoms with van der Waals surface area (Å²) in [6, 6.07) is 14.2. The molecule has 0 aliphatic heterocycles. The summed E-state index contributed by atoms with van der Waals surface area (Å²) in [6.07, 6.45) is 3.59. The van der Waals surface area contributed by atoms with Gasteiger partial charge in [-0.3, -0.25) is 4.98 Å². The van der Waals surface area contributed by atoms with Crippen molar-refractivity contribution in [3.8, 4) is 0 Å². The van der Waals surface area contributed by atoms with Gasteiger partial charge in [-0.05, 0) is 23.3 Å².